The van der Waals surface area contributed by atoms with Crippen LogP contribution in [0.3, 0.4) is 0 Å². The van der Waals surface area contributed by atoms with Gasteiger partial charge in [0.15, 0.2) is 0 Å². The smallest absolute Gasteiger partial charge is 0.0801 e. The summed E-state index contributed by atoms with van der Waals surface area (Å²) in [6, 6.07) is 1.95. The quantitative estimate of drug-likeness (QED) is 0.753. The number of ether oxygens (including phenoxy) is 1. The first-order chi connectivity index (χ1) is 7.07. The van der Waals surface area contributed by atoms with Gasteiger partial charge in [-0.3, -0.25) is 4.98 Å². The molecule has 2 rings (SSSR count). The highest BCUT2D eigenvalue weighted by Gasteiger charge is 2.27. The van der Waals surface area contributed by atoms with E-state index in [0.717, 1.165) is 25.4 Å². The summed E-state index contributed by atoms with van der Waals surface area (Å²) >= 11 is 0. The van der Waals surface area contributed by atoms with Crippen LogP contribution in [0.4, 0.5) is 11.4 Å². The van der Waals surface area contributed by atoms with Crippen molar-refractivity contribution in [2.24, 2.45) is 0 Å². The highest BCUT2D eigenvalue weighted by Crippen LogP contribution is 2.23. The average Bonchev–Trinajstić information content (AvgIpc) is 2.16. The zero-order valence-electron chi connectivity index (χ0n) is 9.23. The molecule has 0 radical (unpaired) electrons. The van der Waals surface area contributed by atoms with Gasteiger partial charge in [0.25, 0.3) is 0 Å². The summed E-state index contributed by atoms with van der Waals surface area (Å²) < 4.78 is 5.65. The summed E-state index contributed by atoms with van der Waals surface area (Å²) in [5.74, 6) is 0. The third kappa shape index (κ3) is 2.39. The van der Waals surface area contributed by atoms with E-state index in [1.165, 1.54) is 0 Å². The molecule has 0 atom stereocenters. The number of aromatic nitrogens is 1. The number of morpholine rings is 1. The molecule has 2 N–H and O–H groups in total. The molecule has 1 aliphatic heterocycles. The van der Waals surface area contributed by atoms with E-state index < -0.39 is 0 Å². The van der Waals surface area contributed by atoms with Crippen molar-refractivity contribution in [3.63, 3.8) is 0 Å². The molecule has 15 heavy (non-hydrogen) atoms. The Kier molecular flexibility index (Phi) is 2.52. The molecule has 2 heterocycles. The summed E-state index contributed by atoms with van der Waals surface area (Å²) in [5.41, 5.74) is 7.40. The van der Waals surface area contributed by atoms with Crippen molar-refractivity contribution >= 4 is 11.4 Å². The van der Waals surface area contributed by atoms with Crippen LogP contribution in [0.2, 0.25) is 0 Å². The predicted octanol–water partition coefficient (Wildman–Crippen LogP) is 1.28. The minimum Gasteiger partial charge on any atom is -0.397 e. The molecule has 0 saturated carbocycles. The molecule has 4 heteroatoms. The fraction of sp³-hybridized carbons (Fsp3) is 0.545. The molecule has 1 aromatic rings. The zero-order chi connectivity index (χ0) is 10.9. The molecule has 82 valence electrons. The van der Waals surface area contributed by atoms with Gasteiger partial charge in [-0.2, -0.15) is 0 Å². The normalized spacial score (nSPS) is 20.3. The van der Waals surface area contributed by atoms with E-state index in [9.17, 15) is 0 Å². The van der Waals surface area contributed by atoms with Crippen molar-refractivity contribution in [1.29, 1.82) is 0 Å². The van der Waals surface area contributed by atoms with E-state index in [2.05, 4.69) is 23.7 Å². The first-order valence-electron chi connectivity index (χ1n) is 5.16. The maximum Gasteiger partial charge on any atom is 0.0801 e. The molecular formula is C11H17N3O. The SMILES string of the molecule is CC1(C)CN(c2cncc(N)c2)CCO1. The van der Waals surface area contributed by atoms with Crippen molar-refractivity contribution < 1.29 is 4.74 Å². The van der Waals surface area contributed by atoms with Crippen LogP contribution >= 0.6 is 0 Å². The zero-order valence-corrected chi connectivity index (χ0v) is 9.23. The van der Waals surface area contributed by atoms with Crippen LogP contribution in [0.25, 0.3) is 0 Å². The van der Waals surface area contributed by atoms with Gasteiger partial charge in [0.2, 0.25) is 0 Å². The molecule has 0 bridgehead atoms. The number of nitrogens with two attached hydrogens (primary N) is 1. The lowest BCUT2D eigenvalue weighted by molar-refractivity contribution is -0.0277. The van der Waals surface area contributed by atoms with Crippen molar-refractivity contribution in [2.45, 2.75) is 19.4 Å². The minimum absolute atomic E-state index is 0.0944. The van der Waals surface area contributed by atoms with Gasteiger partial charge in [0, 0.05) is 19.3 Å². The van der Waals surface area contributed by atoms with Gasteiger partial charge >= 0.3 is 0 Å². The Hall–Kier alpha value is -1.29. The van der Waals surface area contributed by atoms with E-state index in [1.807, 2.05) is 12.3 Å². The lowest BCUT2D eigenvalue weighted by Crippen LogP contribution is -2.48. The van der Waals surface area contributed by atoms with Crippen LogP contribution in [0, 0.1) is 0 Å². The van der Waals surface area contributed by atoms with Crippen LogP contribution in [0.5, 0.6) is 0 Å². The molecule has 0 spiro atoms. The summed E-state index contributed by atoms with van der Waals surface area (Å²) in [5, 5.41) is 0. The second-order valence-electron chi connectivity index (χ2n) is 4.51. The Morgan fingerprint density at radius 2 is 2.27 bits per heavy atom. The van der Waals surface area contributed by atoms with Gasteiger partial charge in [-0.15, -0.1) is 0 Å². The largest absolute Gasteiger partial charge is 0.397 e. The maximum absolute atomic E-state index is 5.71. The van der Waals surface area contributed by atoms with Crippen LogP contribution in [0.1, 0.15) is 13.8 Å². The third-order valence-corrected chi connectivity index (χ3v) is 2.54. The summed E-state index contributed by atoms with van der Waals surface area (Å²) in [4.78, 5) is 6.36. The number of hydrogen-bond acceptors (Lipinski definition) is 4. The number of rotatable bonds is 1. The third-order valence-electron chi connectivity index (χ3n) is 2.54. The number of nitrogens with zero attached hydrogens (tertiary/aromatic N) is 2. The van der Waals surface area contributed by atoms with Crippen molar-refractivity contribution in [3.8, 4) is 0 Å². The van der Waals surface area contributed by atoms with Gasteiger partial charge < -0.3 is 15.4 Å². The lowest BCUT2D eigenvalue weighted by Gasteiger charge is -2.39. The maximum atomic E-state index is 5.71. The van der Waals surface area contributed by atoms with Crippen molar-refractivity contribution in [2.75, 3.05) is 30.3 Å². The van der Waals surface area contributed by atoms with Gasteiger partial charge in [0.05, 0.1) is 29.8 Å². The molecule has 0 unspecified atom stereocenters. The molecule has 0 amide bonds. The van der Waals surface area contributed by atoms with E-state index >= 15 is 0 Å². The van der Waals surface area contributed by atoms with Crippen LogP contribution in [-0.2, 0) is 4.74 Å². The number of anilines is 2. The van der Waals surface area contributed by atoms with Crippen LogP contribution < -0.4 is 10.6 Å². The predicted molar refractivity (Wildman–Crippen MR) is 60.9 cm³/mol. The molecular weight excluding hydrogens is 190 g/mol. The van der Waals surface area contributed by atoms with Crippen LogP contribution in [-0.4, -0.2) is 30.3 Å². The number of pyridine rings is 1. The topological polar surface area (TPSA) is 51.4 Å². The van der Waals surface area contributed by atoms with Crippen molar-refractivity contribution in [1.82, 2.24) is 4.98 Å². The number of nitrogen functional groups attached to an aromatic ring is 1. The van der Waals surface area contributed by atoms with E-state index in [1.54, 1.807) is 6.20 Å². The van der Waals surface area contributed by atoms with Crippen molar-refractivity contribution in [3.05, 3.63) is 18.5 Å². The second-order valence-corrected chi connectivity index (χ2v) is 4.51. The van der Waals surface area contributed by atoms with E-state index in [0.29, 0.717) is 5.69 Å². The first-order valence-corrected chi connectivity index (χ1v) is 5.16. The number of hydrogen-bond donors (Lipinski definition) is 1. The Morgan fingerprint density at radius 1 is 1.47 bits per heavy atom. The van der Waals surface area contributed by atoms with Gasteiger partial charge in [-0.1, -0.05) is 0 Å². The minimum atomic E-state index is -0.0944. The molecule has 1 aromatic heterocycles. The fourth-order valence-corrected chi connectivity index (χ4v) is 1.85. The van der Waals surface area contributed by atoms with Gasteiger partial charge in [-0.25, -0.2) is 0 Å². The summed E-state index contributed by atoms with van der Waals surface area (Å²) in [6.45, 7) is 6.71. The standard InChI is InChI=1S/C11H17N3O/c1-11(2)8-14(3-4-15-11)10-5-9(12)6-13-7-10/h5-7H,3-4,8,12H2,1-2H3. The van der Waals surface area contributed by atoms with E-state index in [4.69, 9.17) is 10.5 Å². The molecule has 4 nitrogen and oxygen atoms in total. The van der Waals surface area contributed by atoms with Gasteiger partial charge in [0.1, 0.15) is 0 Å². The fourth-order valence-electron chi connectivity index (χ4n) is 1.85. The molecule has 1 saturated heterocycles. The summed E-state index contributed by atoms with van der Waals surface area (Å²) in [7, 11) is 0. The molecule has 0 aromatic carbocycles. The highest BCUT2D eigenvalue weighted by molar-refractivity contribution is 5.53. The first kappa shape index (κ1) is 10.2. The highest BCUT2D eigenvalue weighted by atomic mass is 16.5. The molecule has 1 fully saturated rings. The Morgan fingerprint density at radius 3 is 2.93 bits per heavy atom. The molecule has 1 aliphatic rings. The van der Waals surface area contributed by atoms with E-state index in [-0.39, 0.29) is 5.60 Å². The lowest BCUT2D eigenvalue weighted by atomic mass is 10.1. The monoisotopic (exact) mass is 207 g/mol. The van der Waals surface area contributed by atoms with Crippen LogP contribution in [0.15, 0.2) is 18.5 Å². The average molecular weight is 207 g/mol. The summed E-state index contributed by atoms with van der Waals surface area (Å²) in [6.07, 6.45) is 3.51. The van der Waals surface area contributed by atoms with Gasteiger partial charge in [-0.05, 0) is 19.9 Å². The Bertz CT molecular complexity index is 351. The molecule has 0 aliphatic carbocycles. The Balaban J connectivity index is 2.17. The Labute approximate surface area is 90.0 Å². The second kappa shape index (κ2) is 3.70.